The maximum absolute atomic E-state index is 2.61. The minimum absolute atomic E-state index is 0.711. The highest BCUT2D eigenvalue weighted by atomic mass is 15.1. The number of unbranched alkanes of at least 4 members (excludes halogenated alkanes) is 1. The Hall–Kier alpha value is -0.0400. The first-order valence-electron chi connectivity index (χ1n) is 6.85. The molecule has 0 aromatic carbocycles. The second-order valence-electron chi connectivity index (χ2n) is 5.17. The molecule has 1 atom stereocenters. The van der Waals surface area contributed by atoms with E-state index >= 15 is 0 Å². The quantitative estimate of drug-likeness (QED) is 0.551. The van der Waals surface area contributed by atoms with Crippen LogP contribution in [0.25, 0.3) is 0 Å². The fraction of sp³-hybridized carbons (Fsp3) is 1.00. The van der Waals surface area contributed by atoms with E-state index in [9.17, 15) is 0 Å². The summed E-state index contributed by atoms with van der Waals surface area (Å²) in [5, 5.41) is 0. The van der Waals surface area contributed by atoms with Crippen LogP contribution < -0.4 is 0 Å². The summed E-state index contributed by atoms with van der Waals surface area (Å²) in [6.45, 7) is 14.1. The Balaban J connectivity index is 3.68. The van der Waals surface area contributed by atoms with Crippen molar-refractivity contribution in [2.75, 3.05) is 13.1 Å². The maximum atomic E-state index is 2.61. The number of hydrogen-bond acceptors (Lipinski definition) is 1. The summed E-state index contributed by atoms with van der Waals surface area (Å²) >= 11 is 0. The molecule has 0 aliphatic rings. The van der Waals surface area contributed by atoms with Crippen LogP contribution in [-0.2, 0) is 0 Å². The van der Waals surface area contributed by atoms with E-state index in [0.717, 1.165) is 5.92 Å². The van der Waals surface area contributed by atoms with Crippen LogP contribution in [0.2, 0.25) is 0 Å². The van der Waals surface area contributed by atoms with E-state index in [1.165, 1.54) is 45.2 Å². The van der Waals surface area contributed by atoms with Crippen LogP contribution >= 0.6 is 0 Å². The van der Waals surface area contributed by atoms with Crippen LogP contribution in [0.1, 0.15) is 66.7 Å². The average molecular weight is 213 g/mol. The van der Waals surface area contributed by atoms with Crippen molar-refractivity contribution in [3.05, 3.63) is 0 Å². The molecule has 0 fully saturated rings. The van der Waals surface area contributed by atoms with Gasteiger partial charge in [-0.3, -0.25) is 0 Å². The van der Waals surface area contributed by atoms with Gasteiger partial charge in [-0.05, 0) is 45.7 Å². The lowest BCUT2D eigenvalue weighted by molar-refractivity contribution is 0.205. The highest BCUT2D eigenvalue weighted by Gasteiger charge is 2.09. The van der Waals surface area contributed by atoms with Crippen LogP contribution in [-0.4, -0.2) is 24.0 Å². The van der Waals surface area contributed by atoms with Crippen molar-refractivity contribution in [3.63, 3.8) is 0 Å². The van der Waals surface area contributed by atoms with Gasteiger partial charge in [0.15, 0.2) is 0 Å². The lowest BCUT2D eigenvalue weighted by Crippen LogP contribution is -2.33. The van der Waals surface area contributed by atoms with Gasteiger partial charge in [0.1, 0.15) is 0 Å². The van der Waals surface area contributed by atoms with Crippen molar-refractivity contribution in [1.29, 1.82) is 0 Å². The van der Waals surface area contributed by atoms with Crippen molar-refractivity contribution in [1.82, 2.24) is 4.90 Å². The molecule has 92 valence electrons. The summed E-state index contributed by atoms with van der Waals surface area (Å²) < 4.78 is 0. The molecule has 0 saturated heterocycles. The van der Waals surface area contributed by atoms with E-state index < -0.39 is 0 Å². The van der Waals surface area contributed by atoms with Gasteiger partial charge in [-0.15, -0.1) is 0 Å². The largest absolute Gasteiger partial charge is 0.301 e. The molecular weight excluding hydrogens is 182 g/mol. The van der Waals surface area contributed by atoms with E-state index in [-0.39, 0.29) is 0 Å². The molecule has 0 spiro atoms. The minimum Gasteiger partial charge on any atom is -0.301 e. The van der Waals surface area contributed by atoms with Crippen molar-refractivity contribution >= 4 is 0 Å². The Morgan fingerprint density at radius 3 is 2.00 bits per heavy atom. The first kappa shape index (κ1) is 15.0. The second kappa shape index (κ2) is 9.21. The topological polar surface area (TPSA) is 3.24 Å². The lowest BCUT2D eigenvalue weighted by Gasteiger charge is -2.27. The first-order chi connectivity index (χ1) is 7.11. The van der Waals surface area contributed by atoms with E-state index in [4.69, 9.17) is 0 Å². The lowest BCUT2D eigenvalue weighted by atomic mass is 10.0. The summed E-state index contributed by atoms with van der Waals surface area (Å²) in [7, 11) is 0. The van der Waals surface area contributed by atoms with Crippen LogP contribution in [0, 0.1) is 5.92 Å². The molecule has 0 aliphatic carbocycles. The van der Waals surface area contributed by atoms with Gasteiger partial charge in [0.05, 0.1) is 0 Å². The van der Waals surface area contributed by atoms with E-state index in [1.807, 2.05) is 0 Å². The van der Waals surface area contributed by atoms with E-state index in [0.29, 0.717) is 6.04 Å². The van der Waals surface area contributed by atoms with Crippen molar-refractivity contribution in [3.8, 4) is 0 Å². The SMILES string of the molecule is CCCCC(C)CCN(CCC)C(C)C. The smallest absolute Gasteiger partial charge is 0.00385 e. The molecule has 0 rings (SSSR count). The summed E-state index contributed by atoms with van der Waals surface area (Å²) in [6, 6.07) is 0.711. The zero-order valence-electron chi connectivity index (χ0n) is 11.6. The molecule has 1 nitrogen and oxygen atoms in total. The minimum atomic E-state index is 0.711. The van der Waals surface area contributed by atoms with Crippen molar-refractivity contribution in [2.24, 2.45) is 5.92 Å². The third-order valence-electron chi connectivity index (χ3n) is 3.20. The molecule has 0 heterocycles. The normalized spacial score (nSPS) is 13.8. The maximum Gasteiger partial charge on any atom is 0.00385 e. The zero-order chi connectivity index (χ0) is 11.7. The van der Waals surface area contributed by atoms with Gasteiger partial charge in [-0.25, -0.2) is 0 Å². The summed E-state index contributed by atoms with van der Waals surface area (Å²) in [6.07, 6.45) is 6.80. The molecule has 1 unspecified atom stereocenters. The summed E-state index contributed by atoms with van der Waals surface area (Å²) in [4.78, 5) is 2.61. The van der Waals surface area contributed by atoms with Crippen molar-refractivity contribution < 1.29 is 0 Å². The first-order valence-corrected chi connectivity index (χ1v) is 6.85. The fourth-order valence-electron chi connectivity index (χ4n) is 2.00. The van der Waals surface area contributed by atoms with Gasteiger partial charge < -0.3 is 4.90 Å². The zero-order valence-corrected chi connectivity index (χ0v) is 11.6. The van der Waals surface area contributed by atoms with Gasteiger partial charge in [-0.1, -0.05) is 40.0 Å². The molecule has 0 radical (unpaired) electrons. The van der Waals surface area contributed by atoms with Crippen LogP contribution in [0.4, 0.5) is 0 Å². The Morgan fingerprint density at radius 2 is 1.53 bits per heavy atom. The Labute approximate surface area is 97.2 Å². The predicted molar refractivity (Wildman–Crippen MR) is 70.3 cm³/mol. The fourth-order valence-corrected chi connectivity index (χ4v) is 2.00. The summed E-state index contributed by atoms with van der Waals surface area (Å²) in [5.41, 5.74) is 0. The monoisotopic (exact) mass is 213 g/mol. The highest BCUT2D eigenvalue weighted by molar-refractivity contribution is 4.64. The molecular formula is C14H31N. The molecule has 0 aromatic heterocycles. The number of hydrogen-bond donors (Lipinski definition) is 0. The van der Waals surface area contributed by atoms with Crippen LogP contribution in [0.3, 0.4) is 0 Å². The van der Waals surface area contributed by atoms with E-state index in [1.54, 1.807) is 0 Å². The second-order valence-corrected chi connectivity index (χ2v) is 5.17. The Kier molecular flexibility index (Phi) is 9.18. The standard InChI is InChI=1S/C14H31N/c1-6-8-9-14(5)10-12-15(11-7-2)13(3)4/h13-14H,6-12H2,1-5H3. The van der Waals surface area contributed by atoms with Gasteiger partial charge in [0, 0.05) is 6.04 Å². The van der Waals surface area contributed by atoms with Gasteiger partial charge in [0.2, 0.25) is 0 Å². The Morgan fingerprint density at radius 1 is 0.867 bits per heavy atom. The third-order valence-corrected chi connectivity index (χ3v) is 3.20. The third kappa shape index (κ3) is 7.84. The molecule has 0 amide bonds. The molecule has 0 aromatic rings. The molecule has 15 heavy (non-hydrogen) atoms. The average Bonchev–Trinajstić information content (AvgIpc) is 2.20. The van der Waals surface area contributed by atoms with Crippen molar-refractivity contribution in [2.45, 2.75) is 72.8 Å². The Bertz CT molecular complexity index is 131. The van der Waals surface area contributed by atoms with Crippen LogP contribution in [0.5, 0.6) is 0 Å². The van der Waals surface area contributed by atoms with Gasteiger partial charge in [0.25, 0.3) is 0 Å². The highest BCUT2D eigenvalue weighted by Crippen LogP contribution is 2.13. The molecule has 0 N–H and O–H groups in total. The molecule has 0 saturated carbocycles. The van der Waals surface area contributed by atoms with Crippen LogP contribution in [0.15, 0.2) is 0 Å². The molecule has 1 heteroatoms. The molecule has 0 bridgehead atoms. The van der Waals surface area contributed by atoms with Gasteiger partial charge in [-0.2, -0.15) is 0 Å². The number of nitrogens with zero attached hydrogens (tertiary/aromatic N) is 1. The number of rotatable bonds is 9. The predicted octanol–water partition coefficient (Wildman–Crippen LogP) is 4.32. The molecule has 0 aliphatic heterocycles. The summed E-state index contributed by atoms with van der Waals surface area (Å²) in [5.74, 6) is 0.906. The van der Waals surface area contributed by atoms with E-state index in [2.05, 4.69) is 39.5 Å². The van der Waals surface area contributed by atoms with Gasteiger partial charge >= 0.3 is 0 Å².